The Labute approximate surface area is 327 Å². The zero-order valence-corrected chi connectivity index (χ0v) is 30.8. The van der Waals surface area contributed by atoms with Crippen molar-refractivity contribution in [2.75, 3.05) is 4.90 Å². The summed E-state index contributed by atoms with van der Waals surface area (Å²) in [4.78, 5) is 2.45. The number of anilines is 3. The van der Waals surface area contributed by atoms with E-state index >= 15 is 0 Å². The van der Waals surface area contributed by atoms with Gasteiger partial charge in [0.05, 0.1) is 22.4 Å². The van der Waals surface area contributed by atoms with Crippen LogP contribution in [0.15, 0.2) is 231 Å². The third kappa shape index (κ3) is 5.95. The summed E-state index contributed by atoms with van der Waals surface area (Å²) < 4.78 is 2.41. The third-order valence-electron chi connectivity index (χ3n) is 10.8. The van der Waals surface area contributed by atoms with Crippen LogP contribution in [-0.4, -0.2) is 4.57 Å². The van der Waals surface area contributed by atoms with Crippen LogP contribution < -0.4 is 4.90 Å². The maximum absolute atomic E-state index is 2.45. The SMILES string of the molecule is c1ccc(-c2ccc(N(c3ccccc3-c3ccccc3)c3cccc(-c4ccccc4)c3-c3cccc(-n4c5ccccc5c5ccccc54)c3)cc2)cc1. The van der Waals surface area contributed by atoms with Crippen LogP contribution in [0.5, 0.6) is 0 Å². The highest BCUT2D eigenvalue weighted by Gasteiger charge is 2.23. The lowest BCUT2D eigenvalue weighted by molar-refractivity contribution is 1.18. The van der Waals surface area contributed by atoms with Gasteiger partial charge >= 0.3 is 0 Å². The molecule has 0 radical (unpaired) electrons. The molecule has 10 aromatic rings. The van der Waals surface area contributed by atoms with Crippen LogP contribution in [0.4, 0.5) is 17.1 Å². The summed E-state index contributed by atoms with van der Waals surface area (Å²) in [5.74, 6) is 0. The zero-order chi connectivity index (χ0) is 37.3. The molecule has 9 aromatic carbocycles. The molecule has 0 bridgehead atoms. The lowest BCUT2D eigenvalue weighted by Gasteiger charge is -2.31. The fourth-order valence-corrected chi connectivity index (χ4v) is 8.26. The Balaban J connectivity index is 1.24. The number of benzene rings is 9. The fraction of sp³-hybridized carbons (Fsp3) is 0. The first kappa shape index (κ1) is 33.2. The van der Waals surface area contributed by atoms with Crippen molar-refractivity contribution in [1.82, 2.24) is 4.57 Å². The summed E-state index contributed by atoms with van der Waals surface area (Å²) >= 11 is 0. The minimum absolute atomic E-state index is 1.08. The molecule has 0 unspecified atom stereocenters. The van der Waals surface area contributed by atoms with E-state index in [4.69, 9.17) is 0 Å². The second kappa shape index (κ2) is 14.4. The third-order valence-corrected chi connectivity index (χ3v) is 10.8. The van der Waals surface area contributed by atoms with Crippen LogP contribution in [-0.2, 0) is 0 Å². The molecule has 0 N–H and O–H groups in total. The second-order valence-corrected chi connectivity index (χ2v) is 14.1. The van der Waals surface area contributed by atoms with Gasteiger partial charge in [0, 0.05) is 33.3 Å². The first-order chi connectivity index (χ1) is 27.8. The Morgan fingerprint density at radius 3 is 1.43 bits per heavy atom. The van der Waals surface area contributed by atoms with Crippen LogP contribution in [0.2, 0.25) is 0 Å². The molecule has 0 amide bonds. The summed E-state index contributed by atoms with van der Waals surface area (Å²) in [6.07, 6.45) is 0. The minimum Gasteiger partial charge on any atom is -0.309 e. The van der Waals surface area contributed by atoms with Crippen LogP contribution in [0.1, 0.15) is 0 Å². The number of nitrogens with zero attached hydrogens (tertiary/aromatic N) is 2. The molecule has 0 aliphatic rings. The summed E-state index contributed by atoms with van der Waals surface area (Å²) in [5.41, 5.74) is 16.2. The molecule has 10 rings (SSSR count). The van der Waals surface area contributed by atoms with Crippen molar-refractivity contribution >= 4 is 38.9 Å². The van der Waals surface area contributed by atoms with Gasteiger partial charge in [-0.2, -0.15) is 0 Å². The monoisotopic (exact) mass is 714 g/mol. The lowest BCUT2D eigenvalue weighted by atomic mass is 9.91. The number of hydrogen-bond acceptors (Lipinski definition) is 1. The largest absolute Gasteiger partial charge is 0.309 e. The molecule has 56 heavy (non-hydrogen) atoms. The molecule has 1 heterocycles. The van der Waals surface area contributed by atoms with E-state index in [1.54, 1.807) is 0 Å². The smallest absolute Gasteiger partial charge is 0.0546 e. The Morgan fingerprint density at radius 2 is 0.768 bits per heavy atom. The molecule has 264 valence electrons. The van der Waals surface area contributed by atoms with E-state index in [2.05, 4.69) is 240 Å². The molecule has 2 nitrogen and oxygen atoms in total. The molecule has 0 saturated heterocycles. The Hall–Kier alpha value is -7.42. The highest BCUT2D eigenvalue weighted by molar-refractivity contribution is 6.09. The maximum atomic E-state index is 2.45. The average molecular weight is 715 g/mol. The Morgan fingerprint density at radius 1 is 0.304 bits per heavy atom. The fourth-order valence-electron chi connectivity index (χ4n) is 8.26. The molecular formula is C54H38N2. The van der Waals surface area contributed by atoms with Gasteiger partial charge in [-0.05, 0) is 81.9 Å². The van der Waals surface area contributed by atoms with Gasteiger partial charge in [0.2, 0.25) is 0 Å². The molecule has 2 heteroatoms. The van der Waals surface area contributed by atoms with Gasteiger partial charge in [0.1, 0.15) is 0 Å². The van der Waals surface area contributed by atoms with Gasteiger partial charge in [-0.25, -0.2) is 0 Å². The van der Waals surface area contributed by atoms with E-state index in [9.17, 15) is 0 Å². The summed E-state index contributed by atoms with van der Waals surface area (Å²) in [5, 5.41) is 2.50. The first-order valence-corrected chi connectivity index (χ1v) is 19.2. The van der Waals surface area contributed by atoms with Crippen molar-refractivity contribution < 1.29 is 0 Å². The molecule has 0 aliphatic heterocycles. The predicted molar refractivity (Wildman–Crippen MR) is 237 cm³/mol. The van der Waals surface area contributed by atoms with E-state index in [1.807, 2.05) is 0 Å². The lowest BCUT2D eigenvalue weighted by Crippen LogP contribution is -2.13. The zero-order valence-electron chi connectivity index (χ0n) is 30.8. The molecule has 0 fully saturated rings. The predicted octanol–water partition coefficient (Wildman–Crippen LogP) is 14.9. The minimum atomic E-state index is 1.08. The van der Waals surface area contributed by atoms with Crippen molar-refractivity contribution in [2.24, 2.45) is 0 Å². The molecule has 0 spiro atoms. The van der Waals surface area contributed by atoms with E-state index in [0.29, 0.717) is 0 Å². The van der Waals surface area contributed by atoms with Crippen molar-refractivity contribution in [3.8, 4) is 50.2 Å². The second-order valence-electron chi connectivity index (χ2n) is 14.1. The highest BCUT2D eigenvalue weighted by atomic mass is 15.1. The normalized spacial score (nSPS) is 11.2. The van der Waals surface area contributed by atoms with Gasteiger partial charge in [-0.3, -0.25) is 0 Å². The first-order valence-electron chi connectivity index (χ1n) is 19.2. The van der Waals surface area contributed by atoms with Crippen LogP contribution in [0.25, 0.3) is 72.0 Å². The van der Waals surface area contributed by atoms with Crippen molar-refractivity contribution in [3.63, 3.8) is 0 Å². The van der Waals surface area contributed by atoms with Crippen molar-refractivity contribution in [2.45, 2.75) is 0 Å². The van der Waals surface area contributed by atoms with Gasteiger partial charge < -0.3 is 9.47 Å². The van der Waals surface area contributed by atoms with E-state index in [0.717, 1.165) is 39.4 Å². The number of para-hydroxylation sites is 3. The topological polar surface area (TPSA) is 8.17 Å². The number of hydrogen-bond donors (Lipinski definition) is 0. The van der Waals surface area contributed by atoms with Gasteiger partial charge in [-0.1, -0.05) is 182 Å². The van der Waals surface area contributed by atoms with Gasteiger partial charge in [0.25, 0.3) is 0 Å². The summed E-state index contributed by atoms with van der Waals surface area (Å²) in [7, 11) is 0. The maximum Gasteiger partial charge on any atom is 0.0546 e. The van der Waals surface area contributed by atoms with Crippen LogP contribution in [0, 0.1) is 0 Å². The van der Waals surface area contributed by atoms with Crippen molar-refractivity contribution in [1.29, 1.82) is 0 Å². The van der Waals surface area contributed by atoms with Crippen molar-refractivity contribution in [3.05, 3.63) is 231 Å². The van der Waals surface area contributed by atoms with E-state index in [-0.39, 0.29) is 0 Å². The Kier molecular flexibility index (Phi) is 8.55. The van der Waals surface area contributed by atoms with Gasteiger partial charge in [-0.15, -0.1) is 0 Å². The number of fused-ring (bicyclic) bond motifs is 3. The summed E-state index contributed by atoms with van der Waals surface area (Å²) in [6.45, 7) is 0. The molecule has 0 atom stereocenters. The number of rotatable bonds is 8. The van der Waals surface area contributed by atoms with Gasteiger partial charge in [0.15, 0.2) is 0 Å². The van der Waals surface area contributed by atoms with E-state index < -0.39 is 0 Å². The highest BCUT2D eigenvalue weighted by Crippen LogP contribution is 2.48. The van der Waals surface area contributed by atoms with Crippen LogP contribution >= 0.6 is 0 Å². The molecule has 1 aromatic heterocycles. The summed E-state index contributed by atoms with van der Waals surface area (Å²) in [6, 6.07) is 83.2. The molecule has 0 saturated carbocycles. The number of aromatic nitrogens is 1. The van der Waals surface area contributed by atoms with E-state index in [1.165, 1.54) is 49.6 Å². The quantitative estimate of drug-likeness (QED) is 0.152. The molecular weight excluding hydrogens is 677 g/mol. The standard InChI is InChI=1S/C54H38N2/c1-4-18-39(19-5-1)40-34-36-44(37-35-40)55(50-30-13-10-26-46(50)41-20-6-2-7-21-41)53-33-17-29-47(42-22-8-3-9-23-42)54(53)43-24-16-25-45(38-43)56-51-31-14-11-27-48(51)49-28-12-15-32-52(49)56/h1-38H. The average Bonchev–Trinajstić information content (AvgIpc) is 3.62. The molecule has 0 aliphatic carbocycles. The Bertz CT molecular complexity index is 2890. The van der Waals surface area contributed by atoms with Crippen LogP contribution in [0.3, 0.4) is 0 Å².